The van der Waals surface area contributed by atoms with Gasteiger partial charge in [0.2, 0.25) is 0 Å². The molecular formula is C15H14N4O2S. The number of carbonyl (C=O) groups excluding carboxylic acids is 2. The number of nitrogens with two attached hydrogens (primary N) is 2. The molecule has 22 heavy (non-hydrogen) atoms. The topological polar surface area (TPSA) is 114 Å². The largest absolute Gasteiger partial charge is 0.365 e. The number of anilines is 1. The minimum atomic E-state index is -0.761. The Morgan fingerprint density at radius 2 is 2.00 bits per heavy atom. The molecule has 0 spiro atoms. The SMILES string of the molecule is Cc1csc(-c2ccc3c(C(N)=O)c(NC(N)=O)[nH]c3c2)c1. The van der Waals surface area contributed by atoms with Crippen molar-refractivity contribution >= 4 is 40.0 Å². The van der Waals surface area contributed by atoms with E-state index in [0.717, 1.165) is 10.4 Å². The lowest BCUT2D eigenvalue weighted by Crippen LogP contribution is -2.22. The molecule has 0 aliphatic heterocycles. The van der Waals surface area contributed by atoms with Gasteiger partial charge in [0.1, 0.15) is 5.82 Å². The molecule has 0 saturated carbocycles. The second-order valence-electron chi connectivity index (χ2n) is 4.98. The Labute approximate surface area is 130 Å². The second kappa shape index (κ2) is 5.19. The van der Waals surface area contributed by atoms with Crippen LogP contribution in [0, 0.1) is 6.92 Å². The van der Waals surface area contributed by atoms with Crippen molar-refractivity contribution in [1.82, 2.24) is 4.98 Å². The molecular weight excluding hydrogens is 300 g/mol. The Kier molecular flexibility index (Phi) is 3.34. The van der Waals surface area contributed by atoms with Gasteiger partial charge in [-0.15, -0.1) is 11.3 Å². The van der Waals surface area contributed by atoms with E-state index in [1.807, 2.05) is 25.1 Å². The molecule has 0 aliphatic carbocycles. The van der Waals surface area contributed by atoms with Crippen LogP contribution in [0.2, 0.25) is 0 Å². The van der Waals surface area contributed by atoms with Gasteiger partial charge in [-0.05, 0) is 35.6 Å². The van der Waals surface area contributed by atoms with E-state index in [9.17, 15) is 9.59 Å². The summed E-state index contributed by atoms with van der Waals surface area (Å²) in [7, 11) is 0. The molecule has 2 heterocycles. The van der Waals surface area contributed by atoms with Crippen molar-refractivity contribution in [3.63, 3.8) is 0 Å². The van der Waals surface area contributed by atoms with Crippen molar-refractivity contribution < 1.29 is 9.59 Å². The van der Waals surface area contributed by atoms with E-state index in [1.54, 1.807) is 11.3 Å². The maximum atomic E-state index is 11.6. The van der Waals surface area contributed by atoms with Gasteiger partial charge >= 0.3 is 6.03 Å². The monoisotopic (exact) mass is 314 g/mol. The van der Waals surface area contributed by atoms with E-state index in [0.29, 0.717) is 10.9 Å². The molecule has 0 unspecified atom stereocenters. The van der Waals surface area contributed by atoms with E-state index in [2.05, 4.69) is 21.7 Å². The van der Waals surface area contributed by atoms with Gasteiger partial charge in [0.15, 0.2) is 0 Å². The number of amides is 3. The number of aryl methyl sites for hydroxylation is 1. The van der Waals surface area contributed by atoms with Crippen molar-refractivity contribution in [1.29, 1.82) is 0 Å². The number of carbonyl (C=O) groups is 2. The zero-order valence-corrected chi connectivity index (χ0v) is 12.6. The van der Waals surface area contributed by atoms with E-state index in [-0.39, 0.29) is 11.4 Å². The minimum Gasteiger partial charge on any atom is -0.365 e. The zero-order valence-electron chi connectivity index (χ0n) is 11.8. The molecule has 112 valence electrons. The highest BCUT2D eigenvalue weighted by atomic mass is 32.1. The van der Waals surface area contributed by atoms with Crippen LogP contribution in [0.3, 0.4) is 0 Å². The highest BCUT2D eigenvalue weighted by molar-refractivity contribution is 7.13. The highest BCUT2D eigenvalue weighted by Crippen LogP contribution is 2.32. The number of thiophene rings is 1. The Morgan fingerprint density at radius 1 is 1.23 bits per heavy atom. The molecule has 0 radical (unpaired) electrons. The van der Waals surface area contributed by atoms with E-state index in [4.69, 9.17) is 11.5 Å². The first-order valence-corrected chi connectivity index (χ1v) is 7.41. The molecule has 3 aromatic rings. The number of benzene rings is 1. The molecule has 0 fully saturated rings. The lowest BCUT2D eigenvalue weighted by atomic mass is 10.1. The van der Waals surface area contributed by atoms with Gasteiger partial charge in [0.25, 0.3) is 5.91 Å². The summed E-state index contributed by atoms with van der Waals surface area (Å²) in [5, 5.41) is 5.11. The van der Waals surface area contributed by atoms with Crippen molar-refractivity contribution in [2.45, 2.75) is 6.92 Å². The Bertz CT molecular complexity index is 894. The van der Waals surface area contributed by atoms with Crippen LogP contribution in [0.15, 0.2) is 29.6 Å². The summed E-state index contributed by atoms with van der Waals surface area (Å²) in [6, 6.07) is 6.97. The highest BCUT2D eigenvalue weighted by Gasteiger charge is 2.17. The van der Waals surface area contributed by atoms with Crippen molar-refractivity contribution in [2.24, 2.45) is 11.5 Å². The van der Waals surface area contributed by atoms with Gasteiger partial charge in [-0.25, -0.2) is 4.79 Å². The lowest BCUT2D eigenvalue weighted by molar-refractivity contribution is 0.100. The number of rotatable bonds is 3. The number of aromatic nitrogens is 1. The molecule has 0 aliphatic rings. The summed E-state index contributed by atoms with van der Waals surface area (Å²) in [4.78, 5) is 26.8. The quantitative estimate of drug-likeness (QED) is 0.595. The third-order valence-corrected chi connectivity index (χ3v) is 4.41. The molecule has 1 aromatic carbocycles. The van der Waals surface area contributed by atoms with Crippen LogP contribution in [0.5, 0.6) is 0 Å². The van der Waals surface area contributed by atoms with Crippen LogP contribution in [-0.2, 0) is 0 Å². The average Bonchev–Trinajstić information content (AvgIpc) is 3.00. The molecule has 3 rings (SSSR count). The maximum absolute atomic E-state index is 11.6. The van der Waals surface area contributed by atoms with Gasteiger partial charge in [-0.3, -0.25) is 10.1 Å². The number of primary amides is 2. The standard InChI is InChI=1S/C15H14N4O2S/c1-7-4-11(22-6-7)8-2-3-9-10(5-8)18-14(19-15(17)21)12(9)13(16)20/h2-6,18H,1H3,(H2,16,20)(H3,17,19,21). The molecule has 2 aromatic heterocycles. The second-order valence-corrected chi connectivity index (χ2v) is 5.89. The Hall–Kier alpha value is -2.80. The van der Waals surface area contributed by atoms with Gasteiger partial charge in [-0.1, -0.05) is 12.1 Å². The number of H-pyrrole nitrogens is 1. The number of fused-ring (bicyclic) bond motifs is 1. The maximum Gasteiger partial charge on any atom is 0.317 e. The summed E-state index contributed by atoms with van der Waals surface area (Å²) >= 11 is 1.64. The molecule has 0 atom stereocenters. The summed E-state index contributed by atoms with van der Waals surface area (Å²) in [6.45, 7) is 2.03. The number of hydrogen-bond acceptors (Lipinski definition) is 3. The minimum absolute atomic E-state index is 0.217. The first-order chi connectivity index (χ1) is 10.5. The molecule has 6 N–H and O–H groups in total. The third kappa shape index (κ3) is 2.42. The Morgan fingerprint density at radius 3 is 2.59 bits per heavy atom. The number of aromatic amines is 1. The van der Waals surface area contributed by atoms with E-state index < -0.39 is 11.9 Å². The molecule has 6 nitrogen and oxygen atoms in total. The van der Waals surface area contributed by atoms with Crippen LogP contribution in [0.25, 0.3) is 21.3 Å². The van der Waals surface area contributed by atoms with Gasteiger partial charge in [-0.2, -0.15) is 0 Å². The number of urea groups is 1. The molecule has 3 amide bonds. The van der Waals surface area contributed by atoms with Gasteiger partial charge < -0.3 is 16.5 Å². The first kappa shape index (κ1) is 14.2. The van der Waals surface area contributed by atoms with E-state index in [1.165, 1.54) is 5.56 Å². The van der Waals surface area contributed by atoms with Crippen molar-refractivity contribution in [3.8, 4) is 10.4 Å². The summed E-state index contributed by atoms with van der Waals surface area (Å²) in [5.74, 6) is -0.413. The number of nitrogens with one attached hydrogen (secondary N) is 2. The smallest absolute Gasteiger partial charge is 0.317 e. The predicted octanol–water partition coefficient (Wildman–Crippen LogP) is 2.79. The van der Waals surface area contributed by atoms with Crippen LogP contribution in [0.4, 0.5) is 10.6 Å². The summed E-state index contributed by atoms with van der Waals surface area (Å²) in [5.41, 5.74) is 13.7. The lowest BCUT2D eigenvalue weighted by Gasteiger charge is -2.00. The fourth-order valence-corrected chi connectivity index (χ4v) is 3.30. The van der Waals surface area contributed by atoms with Crippen LogP contribution < -0.4 is 16.8 Å². The molecule has 7 heteroatoms. The van der Waals surface area contributed by atoms with Gasteiger partial charge in [0, 0.05) is 15.8 Å². The summed E-state index contributed by atoms with van der Waals surface area (Å²) < 4.78 is 0. The molecule has 0 bridgehead atoms. The first-order valence-electron chi connectivity index (χ1n) is 6.53. The average molecular weight is 314 g/mol. The Balaban J connectivity index is 2.17. The molecule has 0 saturated heterocycles. The van der Waals surface area contributed by atoms with E-state index >= 15 is 0 Å². The summed E-state index contributed by atoms with van der Waals surface area (Å²) in [6.07, 6.45) is 0. The van der Waals surface area contributed by atoms with Gasteiger partial charge in [0.05, 0.1) is 5.56 Å². The zero-order chi connectivity index (χ0) is 15.9. The normalized spacial score (nSPS) is 10.8. The predicted molar refractivity (Wildman–Crippen MR) is 88.1 cm³/mol. The van der Waals surface area contributed by atoms with Crippen molar-refractivity contribution in [2.75, 3.05) is 5.32 Å². The number of hydrogen-bond donors (Lipinski definition) is 4. The fraction of sp³-hybridized carbons (Fsp3) is 0.0667. The van der Waals surface area contributed by atoms with Crippen LogP contribution >= 0.6 is 11.3 Å². The van der Waals surface area contributed by atoms with Crippen LogP contribution in [0.1, 0.15) is 15.9 Å². The third-order valence-electron chi connectivity index (χ3n) is 3.31. The fourth-order valence-electron chi connectivity index (χ4n) is 2.41. The van der Waals surface area contributed by atoms with Crippen molar-refractivity contribution in [3.05, 3.63) is 40.8 Å². The van der Waals surface area contributed by atoms with Crippen LogP contribution in [-0.4, -0.2) is 16.9 Å².